The van der Waals surface area contributed by atoms with Gasteiger partial charge in [0, 0.05) is 5.56 Å². The first-order valence-corrected chi connectivity index (χ1v) is 9.54. The van der Waals surface area contributed by atoms with E-state index in [2.05, 4.69) is 10.6 Å². The highest BCUT2D eigenvalue weighted by atomic mass is 35.5. The van der Waals surface area contributed by atoms with Gasteiger partial charge < -0.3 is 29.6 Å². The molecule has 2 N–H and O–H groups in total. The molecule has 0 fully saturated rings. The van der Waals surface area contributed by atoms with Crippen molar-refractivity contribution in [3.63, 3.8) is 0 Å². The van der Waals surface area contributed by atoms with Gasteiger partial charge in [-0.05, 0) is 24.3 Å². The highest BCUT2D eigenvalue weighted by molar-refractivity contribution is 6.39. The fraction of sp³-hybridized carbons (Fsp3) is 0.250. The van der Waals surface area contributed by atoms with E-state index in [9.17, 15) is 14.4 Å². The molecule has 0 saturated heterocycles. The molecule has 31 heavy (non-hydrogen) atoms. The molecule has 0 bridgehead atoms. The molecule has 2 aromatic carbocycles. The standard InChI is InChI=1S/C20H20Cl2N2O7/c1-28-14-7-11(8-15(29-2)19(14)30-3)20(27)23-9-17(26)31-10-16(25)24-18-12(21)5-4-6-13(18)22/h4-8H,9-10H2,1-3H3,(H,23,27)(H,24,25). The van der Waals surface area contributed by atoms with Crippen LogP contribution in [0.4, 0.5) is 5.69 Å². The first kappa shape index (κ1) is 24.1. The molecule has 0 unspecified atom stereocenters. The van der Waals surface area contributed by atoms with Gasteiger partial charge in [0.1, 0.15) is 6.54 Å². The molecule has 9 nitrogen and oxygen atoms in total. The first-order chi connectivity index (χ1) is 14.8. The van der Waals surface area contributed by atoms with Crippen molar-refractivity contribution in [1.29, 1.82) is 0 Å². The number of carbonyl (C=O) groups excluding carboxylic acids is 3. The number of anilines is 1. The van der Waals surface area contributed by atoms with Crippen molar-refractivity contribution in [2.45, 2.75) is 0 Å². The van der Waals surface area contributed by atoms with Crippen LogP contribution in [0.1, 0.15) is 10.4 Å². The molecule has 0 aromatic heterocycles. The fourth-order valence-electron chi connectivity index (χ4n) is 2.46. The molecule has 11 heteroatoms. The van der Waals surface area contributed by atoms with Crippen molar-refractivity contribution >= 4 is 46.7 Å². The van der Waals surface area contributed by atoms with Crippen LogP contribution in [0, 0.1) is 0 Å². The van der Waals surface area contributed by atoms with Crippen molar-refractivity contribution in [3.05, 3.63) is 45.9 Å². The quantitative estimate of drug-likeness (QED) is 0.541. The van der Waals surface area contributed by atoms with E-state index >= 15 is 0 Å². The Balaban J connectivity index is 1.90. The molecule has 0 atom stereocenters. The van der Waals surface area contributed by atoms with Crippen LogP contribution < -0.4 is 24.8 Å². The average molecular weight is 471 g/mol. The van der Waals surface area contributed by atoms with Crippen LogP contribution in [0.15, 0.2) is 30.3 Å². The van der Waals surface area contributed by atoms with Gasteiger partial charge in [-0.2, -0.15) is 0 Å². The van der Waals surface area contributed by atoms with Crippen LogP contribution in [0.3, 0.4) is 0 Å². The van der Waals surface area contributed by atoms with Crippen LogP contribution in [-0.2, 0) is 14.3 Å². The van der Waals surface area contributed by atoms with Crippen LogP contribution in [-0.4, -0.2) is 52.3 Å². The zero-order valence-corrected chi connectivity index (χ0v) is 18.4. The van der Waals surface area contributed by atoms with E-state index in [4.69, 9.17) is 42.1 Å². The van der Waals surface area contributed by atoms with E-state index in [-0.39, 0.29) is 32.8 Å². The van der Waals surface area contributed by atoms with Gasteiger partial charge in [0.2, 0.25) is 5.75 Å². The summed E-state index contributed by atoms with van der Waals surface area (Å²) in [5, 5.41) is 5.33. The van der Waals surface area contributed by atoms with Crippen LogP contribution in [0.5, 0.6) is 17.2 Å². The minimum Gasteiger partial charge on any atom is -0.493 e. The van der Waals surface area contributed by atoms with Gasteiger partial charge in [-0.25, -0.2) is 0 Å². The smallest absolute Gasteiger partial charge is 0.325 e. The number of hydrogen-bond donors (Lipinski definition) is 2. The maximum atomic E-state index is 12.4. The van der Waals surface area contributed by atoms with Crippen molar-refractivity contribution in [2.24, 2.45) is 0 Å². The van der Waals surface area contributed by atoms with Gasteiger partial charge in [-0.3, -0.25) is 14.4 Å². The van der Waals surface area contributed by atoms with Crippen molar-refractivity contribution < 1.29 is 33.3 Å². The maximum Gasteiger partial charge on any atom is 0.325 e. The number of ether oxygens (including phenoxy) is 4. The summed E-state index contributed by atoms with van der Waals surface area (Å²) in [4.78, 5) is 36.2. The summed E-state index contributed by atoms with van der Waals surface area (Å²) >= 11 is 11.9. The third-order valence-corrected chi connectivity index (χ3v) is 4.54. The monoisotopic (exact) mass is 470 g/mol. The van der Waals surface area contributed by atoms with Gasteiger partial charge in [-0.1, -0.05) is 29.3 Å². The number of hydrogen-bond acceptors (Lipinski definition) is 7. The van der Waals surface area contributed by atoms with E-state index in [0.717, 1.165) is 0 Å². The van der Waals surface area contributed by atoms with E-state index < -0.39 is 30.9 Å². The Bertz CT molecular complexity index is 937. The third-order valence-electron chi connectivity index (χ3n) is 3.91. The second kappa shape index (κ2) is 11.3. The minimum atomic E-state index is -0.818. The number of para-hydroxylation sites is 1. The molecule has 0 radical (unpaired) electrons. The second-order valence-electron chi connectivity index (χ2n) is 5.90. The predicted octanol–water partition coefficient (Wildman–Crippen LogP) is 2.93. The third kappa shape index (κ3) is 6.40. The van der Waals surface area contributed by atoms with Gasteiger partial charge in [0.05, 0.1) is 37.1 Å². The molecule has 166 valence electrons. The summed E-state index contributed by atoms with van der Waals surface area (Å²) < 4.78 is 20.4. The lowest BCUT2D eigenvalue weighted by Crippen LogP contribution is -2.32. The molecule has 0 heterocycles. The maximum absolute atomic E-state index is 12.4. The Hall–Kier alpha value is -3.17. The zero-order valence-electron chi connectivity index (χ0n) is 16.9. The molecular formula is C20H20Cl2N2O7. The lowest BCUT2D eigenvalue weighted by atomic mass is 10.1. The van der Waals surface area contributed by atoms with E-state index in [1.165, 1.54) is 33.5 Å². The Morgan fingerprint density at radius 3 is 2.03 bits per heavy atom. The number of benzene rings is 2. The lowest BCUT2D eigenvalue weighted by molar-refractivity contribution is -0.146. The highest BCUT2D eigenvalue weighted by Gasteiger charge is 2.18. The molecule has 0 spiro atoms. The fourth-order valence-corrected chi connectivity index (χ4v) is 2.95. The molecular weight excluding hydrogens is 451 g/mol. The van der Waals surface area contributed by atoms with Crippen molar-refractivity contribution in [2.75, 3.05) is 39.8 Å². The average Bonchev–Trinajstić information content (AvgIpc) is 2.77. The van der Waals surface area contributed by atoms with E-state index in [0.29, 0.717) is 5.75 Å². The number of nitrogens with one attached hydrogen (secondary N) is 2. The molecule has 0 saturated carbocycles. The zero-order chi connectivity index (χ0) is 23.0. The van der Waals surface area contributed by atoms with Gasteiger partial charge in [0.25, 0.3) is 11.8 Å². The van der Waals surface area contributed by atoms with Crippen LogP contribution >= 0.6 is 23.2 Å². The SMILES string of the molecule is COc1cc(C(=O)NCC(=O)OCC(=O)Nc2c(Cl)cccc2Cl)cc(OC)c1OC. The number of methoxy groups -OCH3 is 3. The Kier molecular flexibility index (Phi) is 8.77. The van der Waals surface area contributed by atoms with E-state index in [1.54, 1.807) is 18.2 Å². The molecule has 2 amide bonds. The van der Waals surface area contributed by atoms with E-state index in [1.807, 2.05) is 0 Å². The van der Waals surface area contributed by atoms with Crippen molar-refractivity contribution in [3.8, 4) is 17.2 Å². The molecule has 0 aliphatic carbocycles. The van der Waals surface area contributed by atoms with Crippen LogP contribution in [0.2, 0.25) is 10.0 Å². The number of esters is 1. The summed E-state index contributed by atoms with van der Waals surface area (Å²) in [7, 11) is 4.26. The highest BCUT2D eigenvalue weighted by Crippen LogP contribution is 2.38. The Morgan fingerprint density at radius 1 is 0.935 bits per heavy atom. The molecule has 0 aliphatic rings. The summed E-state index contributed by atoms with van der Waals surface area (Å²) in [5.41, 5.74) is 0.385. The summed E-state index contributed by atoms with van der Waals surface area (Å²) in [5.74, 6) is -1.15. The predicted molar refractivity (Wildman–Crippen MR) is 114 cm³/mol. The molecule has 2 aromatic rings. The Labute approximate surface area is 188 Å². The number of amides is 2. The number of rotatable bonds is 9. The first-order valence-electron chi connectivity index (χ1n) is 8.78. The van der Waals surface area contributed by atoms with Crippen LogP contribution in [0.25, 0.3) is 0 Å². The van der Waals surface area contributed by atoms with Gasteiger partial charge >= 0.3 is 5.97 Å². The summed E-state index contributed by atoms with van der Waals surface area (Å²) in [6.45, 7) is -1.05. The summed E-state index contributed by atoms with van der Waals surface area (Å²) in [6, 6.07) is 7.59. The topological polar surface area (TPSA) is 112 Å². The molecule has 2 rings (SSSR count). The minimum absolute atomic E-state index is 0.174. The van der Waals surface area contributed by atoms with Gasteiger partial charge in [-0.15, -0.1) is 0 Å². The number of halogens is 2. The number of carbonyl (C=O) groups is 3. The normalized spacial score (nSPS) is 10.1. The van der Waals surface area contributed by atoms with Gasteiger partial charge in [0.15, 0.2) is 18.1 Å². The van der Waals surface area contributed by atoms with Crippen molar-refractivity contribution in [1.82, 2.24) is 5.32 Å². The Morgan fingerprint density at radius 2 is 1.52 bits per heavy atom. The lowest BCUT2D eigenvalue weighted by Gasteiger charge is -2.14. The summed E-state index contributed by atoms with van der Waals surface area (Å²) in [6.07, 6.45) is 0. The molecule has 0 aliphatic heterocycles. The second-order valence-corrected chi connectivity index (χ2v) is 6.72. The largest absolute Gasteiger partial charge is 0.493 e.